The number of nitrogens with zero attached hydrogens (tertiary/aromatic N) is 2. The summed E-state index contributed by atoms with van der Waals surface area (Å²) in [4.78, 5) is -0.0414. The second kappa shape index (κ2) is 7.80. The molecule has 0 fully saturated rings. The fraction of sp³-hybridized carbons (Fsp3) is 0.0800. The zero-order chi connectivity index (χ0) is 23.2. The van der Waals surface area contributed by atoms with E-state index in [1.54, 1.807) is 60.7 Å². The summed E-state index contributed by atoms with van der Waals surface area (Å²) in [6.45, 7) is -0.0149. The molecule has 3 aromatic rings. The smallest absolute Gasteiger partial charge is 0.265 e. The molecule has 0 aromatic heterocycles. The van der Waals surface area contributed by atoms with Crippen LogP contribution in [0.4, 0.5) is 10.1 Å². The third-order valence-corrected chi connectivity index (χ3v) is 7.61. The number of hydrogen-bond acceptors (Lipinski definition) is 5. The zero-order valence-corrected chi connectivity index (χ0v) is 18.1. The topological polar surface area (TPSA) is 96.4 Å². The molecule has 6 nitrogen and oxygen atoms in total. The van der Waals surface area contributed by atoms with Crippen LogP contribution in [0.25, 0.3) is 5.76 Å². The van der Waals surface area contributed by atoms with Crippen molar-refractivity contribution in [2.75, 3.05) is 4.31 Å². The standard InChI is InChI=1S/C25H18FN3O3S/c26-18-12-10-16(11-13-18)15-29-21-9-5-4-8-19(21)23-24(33(29,30)31)22(17-6-2-1-3-7-17)20(14-27)25(28)32-23/h1-13,22H,15,28H2/t22-/m0/s1. The summed E-state index contributed by atoms with van der Waals surface area (Å²) in [6, 6.07) is 23.5. The van der Waals surface area contributed by atoms with Gasteiger partial charge >= 0.3 is 0 Å². The number of sulfonamides is 1. The van der Waals surface area contributed by atoms with Gasteiger partial charge in [-0.25, -0.2) is 12.8 Å². The molecule has 1 atom stereocenters. The largest absolute Gasteiger partial charge is 0.439 e. The van der Waals surface area contributed by atoms with Crippen LogP contribution in [0.3, 0.4) is 0 Å². The Bertz CT molecular complexity index is 1460. The Morgan fingerprint density at radius 3 is 2.36 bits per heavy atom. The summed E-state index contributed by atoms with van der Waals surface area (Å²) in [7, 11) is -4.16. The van der Waals surface area contributed by atoms with Crippen LogP contribution in [-0.4, -0.2) is 8.42 Å². The van der Waals surface area contributed by atoms with Crippen molar-refractivity contribution >= 4 is 21.5 Å². The normalized spacial score (nSPS) is 18.8. The third-order valence-electron chi connectivity index (χ3n) is 5.73. The highest BCUT2D eigenvalue weighted by Crippen LogP contribution is 2.51. The number of halogens is 1. The molecule has 2 aliphatic rings. The lowest BCUT2D eigenvalue weighted by atomic mass is 9.88. The Hall–Kier alpha value is -4.09. The van der Waals surface area contributed by atoms with Crippen LogP contribution in [-0.2, 0) is 21.3 Å². The molecular formula is C25H18FN3O3S. The van der Waals surface area contributed by atoms with Crippen LogP contribution in [0.5, 0.6) is 0 Å². The average molecular weight is 460 g/mol. The summed E-state index contributed by atoms with van der Waals surface area (Å²) in [5, 5.41) is 9.84. The van der Waals surface area contributed by atoms with Crippen molar-refractivity contribution in [2.24, 2.45) is 5.73 Å². The van der Waals surface area contributed by atoms with Crippen molar-refractivity contribution in [3.8, 4) is 6.07 Å². The Morgan fingerprint density at radius 1 is 1.00 bits per heavy atom. The highest BCUT2D eigenvalue weighted by molar-refractivity contribution is 7.96. The first-order valence-electron chi connectivity index (χ1n) is 10.1. The van der Waals surface area contributed by atoms with E-state index in [0.717, 1.165) is 0 Å². The van der Waals surface area contributed by atoms with Crippen molar-refractivity contribution in [1.29, 1.82) is 5.26 Å². The lowest BCUT2D eigenvalue weighted by Crippen LogP contribution is -2.39. The van der Waals surface area contributed by atoms with E-state index in [0.29, 0.717) is 22.4 Å². The van der Waals surface area contributed by atoms with Gasteiger partial charge < -0.3 is 10.5 Å². The van der Waals surface area contributed by atoms with Crippen molar-refractivity contribution in [2.45, 2.75) is 12.5 Å². The van der Waals surface area contributed by atoms with Gasteiger partial charge in [-0.1, -0.05) is 54.6 Å². The molecule has 2 aliphatic heterocycles. The number of anilines is 1. The number of nitriles is 1. The van der Waals surface area contributed by atoms with E-state index < -0.39 is 21.8 Å². The predicted molar refractivity (Wildman–Crippen MR) is 122 cm³/mol. The molecule has 0 spiro atoms. The van der Waals surface area contributed by atoms with Crippen molar-refractivity contribution in [1.82, 2.24) is 0 Å². The quantitative estimate of drug-likeness (QED) is 0.628. The number of allylic oxidation sites excluding steroid dienone is 2. The molecule has 0 amide bonds. The van der Waals surface area contributed by atoms with Crippen molar-refractivity contribution in [3.05, 3.63) is 118 Å². The van der Waals surface area contributed by atoms with Gasteiger partial charge in [0.15, 0.2) is 5.76 Å². The van der Waals surface area contributed by atoms with E-state index in [-0.39, 0.29) is 28.7 Å². The molecule has 0 bridgehead atoms. The second-order valence-corrected chi connectivity index (χ2v) is 9.51. The maximum atomic E-state index is 14.1. The Morgan fingerprint density at radius 2 is 1.67 bits per heavy atom. The van der Waals surface area contributed by atoms with Crippen LogP contribution in [0.2, 0.25) is 0 Å². The van der Waals surface area contributed by atoms with Crippen LogP contribution in [0.15, 0.2) is 95.2 Å². The summed E-state index contributed by atoms with van der Waals surface area (Å²) >= 11 is 0. The molecule has 3 aromatic carbocycles. The molecule has 8 heteroatoms. The van der Waals surface area contributed by atoms with Gasteiger partial charge in [0.25, 0.3) is 10.0 Å². The fourth-order valence-electron chi connectivity index (χ4n) is 4.21. The van der Waals surface area contributed by atoms with Gasteiger partial charge in [0.1, 0.15) is 22.4 Å². The number of ether oxygens (including phenoxy) is 1. The monoisotopic (exact) mass is 459 g/mol. The predicted octanol–water partition coefficient (Wildman–Crippen LogP) is 4.35. The minimum Gasteiger partial charge on any atom is -0.439 e. The maximum absolute atomic E-state index is 14.1. The molecule has 0 saturated carbocycles. The van der Waals surface area contributed by atoms with Gasteiger partial charge in [-0.3, -0.25) is 4.31 Å². The first kappa shape index (κ1) is 20.8. The molecule has 0 radical (unpaired) electrons. The van der Waals surface area contributed by atoms with Crippen LogP contribution in [0.1, 0.15) is 22.6 Å². The highest BCUT2D eigenvalue weighted by atomic mass is 32.2. The van der Waals surface area contributed by atoms with Gasteiger partial charge in [0, 0.05) is 5.56 Å². The first-order chi connectivity index (χ1) is 15.9. The van der Waals surface area contributed by atoms with Gasteiger partial charge in [-0.2, -0.15) is 5.26 Å². The molecule has 0 unspecified atom stereocenters. The third kappa shape index (κ3) is 3.34. The van der Waals surface area contributed by atoms with E-state index in [1.165, 1.54) is 16.4 Å². The number of rotatable bonds is 3. The van der Waals surface area contributed by atoms with E-state index in [2.05, 4.69) is 0 Å². The summed E-state index contributed by atoms with van der Waals surface area (Å²) in [5.41, 5.74) is 8.32. The number of benzene rings is 3. The number of para-hydroxylation sites is 1. The van der Waals surface area contributed by atoms with E-state index >= 15 is 0 Å². The van der Waals surface area contributed by atoms with Crippen LogP contribution in [0, 0.1) is 17.1 Å². The Kier molecular flexibility index (Phi) is 4.91. The summed E-state index contributed by atoms with van der Waals surface area (Å²) in [5.74, 6) is -1.34. The lowest BCUT2D eigenvalue weighted by Gasteiger charge is -2.38. The average Bonchev–Trinajstić information content (AvgIpc) is 2.82. The SMILES string of the molecule is N#CC1=C(N)OC2=C([C@H]1c1ccccc1)S(=O)(=O)N(Cc1ccc(F)cc1)c1ccccc12. The maximum Gasteiger partial charge on any atom is 0.265 e. The van der Waals surface area contributed by atoms with Crippen LogP contribution < -0.4 is 10.0 Å². The number of fused-ring (bicyclic) bond motifs is 2. The molecule has 2 N–H and O–H groups in total. The van der Waals surface area contributed by atoms with E-state index in [9.17, 15) is 18.1 Å². The van der Waals surface area contributed by atoms with Crippen molar-refractivity contribution in [3.63, 3.8) is 0 Å². The van der Waals surface area contributed by atoms with E-state index in [1.807, 2.05) is 12.1 Å². The zero-order valence-electron chi connectivity index (χ0n) is 17.3. The molecular weight excluding hydrogens is 441 g/mol. The fourth-order valence-corrected chi connectivity index (χ4v) is 6.13. The molecule has 0 saturated heterocycles. The molecule has 2 heterocycles. The molecule has 0 aliphatic carbocycles. The minimum atomic E-state index is -4.16. The summed E-state index contributed by atoms with van der Waals surface area (Å²) in [6.07, 6.45) is 0. The van der Waals surface area contributed by atoms with Crippen molar-refractivity contribution < 1.29 is 17.5 Å². The van der Waals surface area contributed by atoms with E-state index in [4.69, 9.17) is 10.5 Å². The van der Waals surface area contributed by atoms with Gasteiger partial charge in [0.2, 0.25) is 5.88 Å². The molecule has 5 rings (SSSR count). The van der Waals surface area contributed by atoms with Crippen LogP contribution >= 0.6 is 0 Å². The summed E-state index contributed by atoms with van der Waals surface area (Å²) < 4.78 is 48.6. The highest BCUT2D eigenvalue weighted by Gasteiger charge is 2.47. The number of hydrogen-bond donors (Lipinski definition) is 1. The van der Waals surface area contributed by atoms with Gasteiger partial charge in [0.05, 0.1) is 18.2 Å². The lowest BCUT2D eigenvalue weighted by molar-refractivity contribution is 0.357. The number of nitrogens with two attached hydrogens (primary N) is 1. The van der Waals surface area contributed by atoms with Gasteiger partial charge in [-0.05, 0) is 35.4 Å². The second-order valence-electron chi connectivity index (χ2n) is 7.68. The Balaban J connectivity index is 1.75. The Labute approximate surface area is 190 Å². The molecule has 33 heavy (non-hydrogen) atoms. The van der Waals surface area contributed by atoms with Gasteiger partial charge in [-0.15, -0.1) is 0 Å². The molecule has 164 valence electrons. The minimum absolute atomic E-state index is 0.0149. The first-order valence-corrected chi connectivity index (χ1v) is 11.6.